The first-order valence-corrected chi connectivity index (χ1v) is 8.90. The molecule has 0 spiro atoms. The van der Waals surface area contributed by atoms with E-state index in [4.69, 9.17) is 14.2 Å². The number of benzene rings is 2. The number of carbonyl (C=O) groups is 2. The minimum absolute atomic E-state index is 0.291. The van der Waals surface area contributed by atoms with Crippen LogP contribution >= 0.6 is 0 Å². The zero-order valence-electron chi connectivity index (χ0n) is 16.4. The highest BCUT2D eigenvalue weighted by Gasteiger charge is 2.13. The van der Waals surface area contributed by atoms with Gasteiger partial charge in [-0.2, -0.15) is 0 Å². The molecule has 0 aliphatic heterocycles. The molecule has 6 heteroatoms. The molecule has 2 rings (SSSR count). The Morgan fingerprint density at radius 3 is 2.46 bits per heavy atom. The third kappa shape index (κ3) is 6.46. The minimum atomic E-state index is -0.536. The summed E-state index contributed by atoms with van der Waals surface area (Å²) in [7, 11) is 3.22. The summed E-state index contributed by atoms with van der Waals surface area (Å²) >= 11 is 0. The summed E-state index contributed by atoms with van der Waals surface area (Å²) in [5.74, 6) is 0.394. The Bertz CT molecular complexity index is 817. The van der Waals surface area contributed by atoms with Crippen molar-refractivity contribution in [3.63, 3.8) is 0 Å². The van der Waals surface area contributed by atoms with Gasteiger partial charge in [0.1, 0.15) is 6.61 Å². The van der Waals surface area contributed by atoms with Gasteiger partial charge in [-0.05, 0) is 30.2 Å². The molecular weight excluding hydrogens is 358 g/mol. The fourth-order valence-corrected chi connectivity index (χ4v) is 2.45. The van der Waals surface area contributed by atoms with Crippen molar-refractivity contribution in [2.75, 3.05) is 20.8 Å². The molecule has 148 valence electrons. The summed E-state index contributed by atoms with van der Waals surface area (Å²) in [5.41, 5.74) is 1.94. The Hall–Kier alpha value is -3.28. The van der Waals surface area contributed by atoms with Crippen LogP contribution in [0.5, 0.6) is 11.5 Å². The van der Waals surface area contributed by atoms with Gasteiger partial charge in [-0.1, -0.05) is 42.5 Å². The van der Waals surface area contributed by atoms with Gasteiger partial charge in [-0.15, -0.1) is 0 Å². The molecule has 0 saturated carbocycles. The van der Waals surface area contributed by atoms with Gasteiger partial charge in [-0.25, -0.2) is 4.79 Å². The van der Waals surface area contributed by atoms with E-state index in [0.29, 0.717) is 24.7 Å². The number of ether oxygens (including phenoxy) is 3. The number of nitrogens with zero attached hydrogens (tertiary/aromatic N) is 1. The number of carbonyl (C=O) groups excluding carboxylic acids is 2. The molecule has 0 atom stereocenters. The first kappa shape index (κ1) is 21.0. The van der Waals surface area contributed by atoms with Crippen LogP contribution in [-0.2, 0) is 27.5 Å². The highest BCUT2D eigenvalue weighted by atomic mass is 16.5. The lowest BCUT2D eigenvalue weighted by molar-refractivity contribution is -0.147. The molecule has 1 amide bonds. The lowest BCUT2D eigenvalue weighted by atomic mass is 10.2. The van der Waals surface area contributed by atoms with Gasteiger partial charge < -0.3 is 19.1 Å². The van der Waals surface area contributed by atoms with Crippen LogP contribution in [0.25, 0.3) is 0 Å². The van der Waals surface area contributed by atoms with E-state index in [2.05, 4.69) is 0 Å². The number of hydrogen-bond acceptors (Lipinski definition) is 5. The first-order valence-electron chi connectivity index (χ1n) is 8.90. The Balaban J connectivity index is 1.94. The van der Waals surface area contributed by atoms with Gasteiger partial charge in [0.25, 0.3) is 5.91 Å². The van der Waals surface area contributed by atoms with Crippen molar-refractivity contribution >= 4 is 11.9 Å². The van der Waals surface area contributed by atoms with E-state index in [9.17, 15) is 9.59 Å². The number of rotatable bonds is 9. The second kappa shape index (κ2) is 10.8. The van der Waals surface area contributed by atoms with E-state index >= 15 is 0 Å². The second-order valence-electron chi connectivity index (χ2n) is 6.12. The molecule has 2 aromatic rings. The molecule has 0 bridgehead atoms. The highest BCUT2D eigenvalue weighted by Crippen LogP contribution is 2.29. The van der Waals surface area contributed by atoms with Crippen molar-refractivity contribution in [3.8, 4) is 11.5 Å². The highest BCUT2D eigenvalue weighted by molar-refractivity contribution is 5.85. The lowest BCUT2D eigenvalue weighted by Gasteiger charge is -2.18. The Morgan fingerprint density at radius 1 is 1.04 bits per heavy atom. The summed E-state index contributed by atoms with van der Waals surface area (Å²) in [6.07, 6.45) is 2.83. The summed E-state index contributed by atoms with van der Waals surface area (Å²) in [4.78, 5) is 24.9. The molecular formula is C22H25NO5. The van der Waals surface area contributed by atoms with Crippen molar-refractivity contribution in [1.82, 2.24) is 4.90 Å². The molecule has 0 heterocycles. The van der Waals surface area contributed by atoms with E-state index in [-0.39, 0.29) is 12.5 Å². The predicted molar refractivity (Wildman–Crippen MR) is 106 cm³/mol. The SMILES string of the molecule is C/C=C/C(=O)OCC(=O)N(C)Cc1ccc(OCc2ccccc2)c(OC)c1. The van der Waals surface area contributed by atoms with Crippen molar-refractivity contribution in [3.05, 3.63) is 71.8 Å². The summed E-state index contributed by atoms with van der Waals surface area (Å²) < 4.78 is 16.1. The fourth-order valence-electron chi connectivity index (χ4n) is 2.45. The maximum absolute atomic E-state index is 12.1. The van der Waals surface area contributed by atoms with Crippen LogP contribution in [0.1, 0.15) is 18.1 Å². The molecule has 28 heavy (non-hydrogen) atoms. The van der Waals surface area contributed by atoms with Crippen LogP contribution < -0.4 is 9.47 Å². The molecule has 0 N–H and O–H groups in total. The molecule has 0 unspecified atom stereocenters. The molecule has 0 aromatic heterocycles. The molecule has 0 radical (unpaired) electrons. The second-order valence-corrected chi connectivity index (χ2v) is 6.12. The summed E-state index contributed by atoms with van der Waals surface area (Å²) in [5, 5.41) is 0. The van der Waals surface area contributed by atoms with E-state index in [1.807, 2.05) is 48.5 Å². The molecule has 6 nitrogen and oxygen atoms in total. The third-order valence-electron chi connectivity index (χ3n) is 3.95. The Labute approximate surface area is 165 Å². The van der Waals surface area contributed by atoms with E-state index in [1.54, 1.807) is 27.2 Å². The average Bonchev–Trinajstić information content (AvgIpc) is 2.71. The predicted octanol–water partition coefficient (Wildman–Crippen LogP) is 3.35. The number of allylic oxidation sites excluding steroid dienone is 1. The van der Waals surface area contributed by atoms with Gasteiger partial charge in [0.2, 0.25) is 0 Å². The molecule has 0 aliphatic rings. The van der Waals surface area contributed by atoms with Gasteiger partial charge in [0.05, 0.1) is 7.11 Å². The van der Waals surface area contributed by atoms with E-state index < -0.39 is 5.97 Å². The first-order chi connectivity index (χ1) is 13.5. The zero-order valence-corrected chi connectivity index (χ0v) is 16.4. The van der Waals surface area contributed by atoms with Crippen LogP contribution in [-0.4, -0.2) is 37.5 Å². The number of methoxy groups -OCH3 is 1. The maximum Gasteiger partial charge on any atom is 0.330 e. The number of hydrogen-bond donors (Lipinski definition) is 0. The van der Waals surface area contributed by atoms with Gasteiger partial charge in [0, 0.05) is 19.7 Å². The monoisotopic (exact) mass is 383 g/mol. The van der Waals surface area contributed by atoms with Gasteiger partial charge in [0.15, 0.2) is 18.1 Å². The molecule has 2 aromatic carbocycles. The van der Waals surface area contributed by atoms with Crippen molar-refractivity contribution in [1.29, 1.82) is 0 Å². The topological polar surface area (TPSA) is 65.1 Å². The molecule has 0 fully saturated rings. The van der Waals surface area contributed by atoms with Crippen molar-refractivity contribution < 1.29 is 23.8 Å². The standard InChI is InChI=1S/C22H25NO5/c1-4-8-22(25)28-16-21(24)23(2)14-18-11-12-19(20(13-18)26-3)27-15-17-9-6-5-7-10-17/h4-13H,14-16H2,1-3H3/b8-4+. The third-order valence-corrected chi connectivity index (χ3v) is 3.95. The Kier molecular flexibility index (Phi) is 8.09. The molecule has 0 saturated heterocycles. The van der Waals surface area contributed by atoms with Gasteiger partial charge >= 0.3 is 5.97 Å². The van der Waals surface area contributed by atoms with Crippen LogP contribution in [0.3, 0.4) is 0 Å². The number of amides is 1. The normalized spacial score (nSPS) is 10.5. The fraction of sp³-hybridized carbons (Fsp3) is 0.273. The minimum Gasteiger partial charge on any atom is -0.493 e. The van der Waals surface area contributed by atoms with E-state index in [0.717, 1.165) is 11.1 Å². The molecule has 0 aliphatic carbocycles. The van der Waals surface area contributed by atoms with Gasteiger partial charge in [-0.3, -0.25) is 4.79 Å². The van der Waals surface area contributed by atoms with Crippen LogP contribution in [0.15, 0.2) is 60.7 Å². The average molecular weight is 383 g/mol. The summed E-state index contributed by atoms with van der Waals surface area (Å²) in [6.45, 7) is 2.20. The number of likely N-dealkylation sites (N-methyl/N-ethyl adjacent to an activating group) is 1. The maximum atomic E-state index is 12.1. The number of esters is 1. The Morgan fingerprint density at radius 2 is 1.79 bits per heavy atom. The quantitative estimate of drug-likeness (QED) is 0.491. The lowest BCUT2D eigenvalue weighted by Crippen LogP contribution is -2.30. The van der Waals surface area contributed by atoms with Crippen molar-refractivity contribution in [2.24, 2.45) is 0 Å². The van der Waals surface area contributed by atoms with Crippen LogP contribution in [0.2, 0.25) is 0 Å². The van der Waals surface area contributed by atoms with E-state index in [1.165, 1.54) is 11.0 Å². The van der Waals surface area contributed by atoms with Crippen LogP contribution in [0.4, 0.5) is 0 Å². The smallest absolute Gasteiger partial charge is 0.330 e. The van der Waals surface area contributed by atoms with Crippen molar-refractivity contribution in [2.45, 2.75) is 20.1 Å². The summed E-state index contributed by atoms with van der Waals surface area (Å²) in [6, 6.07) is 15.4. The zero-order chi connectivity index (χ0) is 20.4. The van der Waals surface area contributed by atoms with Crippen LogP contribution in [0, 0.1) is 0 Å². The largest absolute Gasteiger partial charge is 0.493 e.